The fraction of sp³-hybridized carbons (Fsp3) is 0.344. The standard InChI is InChI=1S/C32H33Cl2N3O5S/c33-24-17-16-23(27(34)20-24)21-36(28(19-22-9-2-1-3-10-22)31(39)35-25-11-4-5-12-25)30(38)15-8-18-37-32(40)26-13-6-7-14-29(26)43(37,41)42/h1-3,6-7,9-10,13-14,16-17,20,25,28H,4-5,8,11-12,15,18-19,21H2,(H,35,39)/t28-/m1/s1. The summed E-state index contributed by atoms with van der Waals surface area (Å²) in [7, 11) is -3.99. The minimum absolute atomic E-state index is 0.0307. The zero-order chi connectivity index (χ0) is 30.6. The van der Waals surface area contributed by atoms with Crippen molar-refractivity contribution in [2.45, 2.75) is 68.5 Å². The van der Waals surface area contributed by atoms with Gasteiger partial charge in [-0.1, -0.05) is 84.6 Å². The number of fused-ring (bicyclic) bond motifs is 1. The summed E-state index contributed by atoms with van der Waals surface area (Å²) in [5, 5.41) is 3.97. The van der Waals surface area contributed by atoms with Crippen molar-refractivity contribution >= 4 is 50.9 Å². The normalized spacial score (nSPS) is 16.6. The molecule has 226 valence electrons. The molecule has 2 aliphatic rings. The summed E-state index contributed by atoms with van der Waals surface area (Å²) in [5.41, 5.74) is 1.64. The highest BCUT2D eigenvalue weighted by Crippen LogP contribution is 2.30. The summed E-state index contributed by atoms with van der Waals surface area (Å²) >= 11 is 12.6. The van der Waals surface area contributed by atoms with Gasteiger partial charge in [-0.05, 0) is 54.7 Å². The highest BCUT2D eigenvalue weighted by atomic mass is 35.5. The number of carbonyl (C=O) groups excluding carboxylic acids is 3. The van der Waals surface area contributed by atoms with Gasteiger partial charge in [0.25, 0.3) is 15.9 Å². The molecule has 11 heteroatoms. The molecule has 1 fully saturated rings. The number of rotatable bonds is 11. The molecule has 0 bridgehead atoms. The molecular weight excluding hydrogens is 609 g/mol. The van der Waals surface area contributed by atoms with Crippen molar-refractivity contribution < 1.29 is 22.8 Å². The molecule has 1 heterocycles. The van der Waals surface area contributed by atoms with Crippen molar-refractivity contribution in [3.63, 3.8) is 0 Å². The lowest BCUT2D eigenvalue weighted by Gasteiger charge is -2.33. The molecule has 0 aromatic heterocycles. The first kappa shape index (κ1) is 31.0. The van der Waals surface area contributed by atoms with Gasteiger partial charge in [0.15, 0.2) is 0 Å². The zero-order valence-corrected chi connectivity index (χ0v) is 25.9. The van der Waals surface area contributed by atoms with Crippen molar-refractivity contribution in [2.24, 2.45) is 0 Å². The van der Waals surface area contributed by atoms with Gasteiger partial charge in [0.2, 0.25) is 11.8 Å². The Labute approximate surface area is 262 Å². The molecule has 0 radical (unpaired) electrons. The molecule has 0 unspecified atom stereocenters. The second kappa shape index (κ2) is 13.5. The predicted molar refractivity (Wildman–Crippen MR) is 165 cm³/mol. The molecule has 1 N–H and O–H groups in total. The second-order valence-electron chi connectivity index (χ2n) is 10.9. The minimum atomic E-state index is -3.99. The Morgan fingerprint density at radius 1 is 0.977 bits per heavy atom. The quantitative estimate of drug-likeness (QED) is 0.293. The number of amides is 3. The highest BCUT2D eigenvalue weighted by molar-refractivity contribution is 7.90. The van der Waals surface area contributed by atoms with Crippen LogP contribution in [0.15, 0.2) is 77.7 Å². The third-order valence-corrected chi connectivity index (χ3v) is 10.4. The minimum Gasteiger partial charge on any atom is -0.352 e. The topological polar surface area (TPSA) is 104 Å². The van der Waals surface area contributed by atoms with E-state index < -0.39 is 22.0 Å². The van der Waals surface area contributed by atoms with Gasteiger partial charge in [-0.15, -0.1) is 0 Å². The van der Waals surface area contributed by atoms with Crippen LogP contribution in [0.3, 0.4) is 0 Å². The van der Waals surface area contributed by atoms with Crippen LogP contribution in [-0.4, -0.2) is 54.0 Å². The van der Waals surface area contributed by atoms with E-state index in [1.165, 1.54) is 17.0 Å². The largest absolute Gasteiger partial charge is 0.352 e. The van der Waals surface area contributed by atoms with Crippen LogP contribution in [-0.2, 0) is 32.6 Å². The molecule has 0 spiro atoms. The molecule has 1 aliphatic carbocycles. The summed E-state index contributed by atoms with van der Waals surface area (Å²) in [5.74, 6) is -1.21. The van der Waals surface area contributed by atoms with Crippen molar-refractivity contribution in [1.29, 1.82) is 0 Å². The van der Waals surface area contributed by atoms with Crippen molar-refractivity contribution in [3.8, 4) is 0 Å². The van der Waals surface area contributed by atoms with Crippen molar-refractivity contribution in [1.82, 2.24) is 14.5 Å². The van der Waals surface area contributed by atoms with E-state index in [1.54, 1.807) is 30.3 Å². The number of carbonyl (C=O) groups is 3. The number of nitrogens with one attached hydrogen (secondary N) is 1. The number of halogens is 2. The Morgan fingerprint density at radius 3 is 2.37 bits per heavy atom. The maximum atomic E-state index is 14.0. The third-order valence-electron chi connectivity index (χ3n) is 7.99. The van der Waals surface area contributed by atoms with Crippen LogP contribution < -0.4 is 5.32 Å². The van der Waals surface area contributed by atoms with Gasteiger partial charge < -0.3 is 10.2 Å². The molecule has 5 rings (SSSR count). The number of hydrogen-bond acceptors (Lipinski definition) is 5. The Balaban J connectivity index is 1.39. The first-order valence-electron chi connectivity index (χ1n) is 14.4. The molecule has 1 saturated carbocycles. The maximum Gasteiger partial charge on any atom is 0.269 e. The molecule has 3 aromatic rings. The van der Waals surface area contributed by atoms with E-state index in [2.05, 4.69) is 5.32 Å². The SMILES string of the molecule is O=C(NC1CCCC1)[C@@H](Cc1ccccc1)N(Cc1ccc(Cl)cc1Cl)C(=O)CCCN1C(=O)c2ccccc2S1(=O)=O. The second-order valence-corrected chi connectivity index (χ2v) is 13.6. The number of sulfonamides is 1. The van der Waals surface area contributed by atoms with Gasteiger partial charge in [-0.2, -0.15) is 0 Å². The van der Waals surface area contributed by atoms with Crippen LogP contribution >= 0.6 is 23.2 Å². The first-order valence-corrected chi connectivity index (χ1v) is 16.6. The van der Waals surface area contributed by atoms with Crippen LogP contribution in [0.1, 0.15) is 60.0 Å². The molecule has 8 nitrogen and oxygen atoms in total. The van der Waals surface area contributed by atoms with Crippen LogP contribution in [0, 0.1) is 0 Å². The van der Waals surface area contributed by atoms with Gasteiger partial charge in [0, 0.05) is 42.0 Å². The Bertz CT molecular complexity index is 1610. The van der Waals surface area contributed by atoms with Gasteiger partial charge in [-0.3, -0.25) is 14.4 Å². The molecule has 3 amide bonds. The fourth-order valence-corrected chi connectivity index (χ4v) is 7.80. The van der Waals surface area contributed by atoms with Crippen LogP contribution in [0.5, 0.6) is 0 Å². The predicted octanol–water partition coefficient (Wildman–Crippen LogP) is 5.62. The molecule has 43 heavy (non-hydrogen) atoms. The first-order chi connectivity index (χ1) is 20.6. The Kier molecular flexibility index (Phi) is 9.74. The lowest BCUT2D eigenvalue weighted by molar-refractivity contribution is -0.141. The van der Waals surface area contributed by atoms with E-state index >= 15 is 0 Å². The number of hydrogen-bond donors (Lipinski definition) is 1. The van der Waals surface area contributed by atoms with Crippen LogP contribution in [0.4, 0.5) is 0 Å². The molecule has 1 atom stereocenters. The van der Waals surface area contributed by atoms with E-state index in [-0.39, 0.29) is 60.7 Å². The van der Waals surface area contributed by atoms with Gasteiger partial charge in [-0.25, -0.2) is 12.7 Å². The van der Waals surface area contributed by atoms with E-state index in [1.807, 2.05) is 30.3 Å². The lowest BCUT2D eigenvalue weighted by Crippen LogP contribution is -2.52. The monoisotopic (exact) mass is 641 g/mol. The van der Waals surface area contributed by atoms with Crippen LogP contribution in [0.2, 0.25) is 10.0 Å². The summed E-state index contributed by atoms with van der Waals surface area (Å²) in [6, 6.07) is 19.8. The molecule has 3 aromatic carbocycles. The van der Waals surface area contributed by atoms with Gasteiger partial charge in [0.1, 0.15) is 10.9 Å². The van der Waals surface area contributed by atoms with E-state index in [4.69, 9.17) is 23.2 Å². The molecule has 1 aliphatic heterocycles. The maximum absolute atomic E-state index is 14.0. The van der Waals surface area contributed by atoms with Gasteiger partial charge >= 0.3 is 0 Å². The van der Waals surface area contributed by atoms with Gasteiger partial charge in [0.05, 0.1) is 5.56 Å². The fourth-order valence-electron chi connectivity index (χ4n) is 5.72. The summed E-state index contributed by atoms with van der Waals surface area (Å²) < 4.78 is 26.8. The smallest absolute Gasteiger partial charge is 0.269 e. The zero-order valence-electron chi connectivity index (χ0n) is 23.5. The average Bonchev–Trinajstić information content (AvgIpc) is 3.57. The molecular formula is C32H33Cl2N3O5S. The highest BCUT2D eigenvalue weighted by Gasteiger charge is 2.40. The van der Waals surface area contributed by atoms with Crippen LogP contribution in [0.25, 0.3) is 0 Å². The number of benzene rings is 3. The Hall–Kier alpha value is -3.40. The summed E-state index contributed by atoms with van der Waals surface area (Å²) in [6.45, 7) is -0.106. The average molecular weight is 643 g/mol. The van der Waals surface area contributed by atoms with E-state index in [0.717, 1.165) is 35.6 Å². The molecule has 0 saturated heterocycles. The lowest BCUT2D eigenvalue weighted by atomic mass is 10.0. The number of nitrogens with zero attached hydrogens (tertiary/aromatic N) is 2. The Morgan fingerprint density at radius 2 is 1.67 bits per heavy atom. The summed E-state index contributed by atoms with van der Waals surface area (Å²) in [4.78, 5) is 42.1. The van der Waals surface area contributed by atoms with E-state index in [9.17, 15) is 22.8 Å². The summed E-state index contributed by atoms with van der Waals surface area (Å²) in [6.07, 6.45) is 4.15. The van der Waals surface area contributed by atoms with Crippen molar-refractivity contribution in [3.05, 3.63) is 99.5 Å². The van der Waals surface area contributed by atoms with E-state index in [0.29, 0.717) is 15.6 Å². The van der Waals surface area contributed by atoms with Crippen molar-refractivity contribution in [2.75, 3.05) is 6.54 Å². The third kappa shape index (κ3) is 7.06.